The first-order chi connectivity index (χ1) is 5.16. The molecule has 0 saturated carbocycles. The number of carbonyl (C=O) groups excluding carboxylic acids is 1. The fourth-order valence-corrected chi connectivity index (χ4v) is 0.617. The molecule has 0 aliphatic heterocycles. The van der Waals surface area contributed by atoms with Crippen molar-refractivity contribution in [3.8, 4) is 0 Å². The first-order valence-corrected chi connectivity index (χ1v) is 3.86. The first kappa shape index (κ1) is 10.1. The van der Waals surface area contributed by atoms with Crippen LogP contribution < -0.4 is 0 Å². The van der Waals surface area contributed by atoms with Crippen molar-refractivity contribution < 1.29 is 9.53 Å². The van der Waals surface area contributed by atoms with Crippen LogP contribution >= 0.6 is 0 Å². The van der Waals surface area contributed by atoms with Crippen LogP contribution in [0.1, 0.15) is 33.1 Å². The highest BCUT2D eigenvalue weighted by atomic mass is 16.5. The van der Waals surface area contributed by atoms with Crippen LogP contribution in [0, 0.1) is 5.41 Å². The minimum atomic E-state index is -0.0218. The maximum Gasteiger partial charge on any atom is 0.187 e. The quantitative estimate of drug-likeness (QED) is 0.375. The van der Waals surface area contributed by atoms with Crippen molar-refractivity contribution >= 4 is 11.7 Å². The molecule has 3 heteroatoms. The Labute approximate surface area is 67.3 Å². The molecule has 0 aromatic carbocycles. The molecule has 0 rings (SSSR count). The molecule has 1 N–H and O–H groups in total. The van der Waals surface area contributed by atoms with Gasteiger partial charge in [0.2, 0.25) is 0 Å². The second-order valence-electron chi connectivity index (χ2n) is 2.50. The molecular weight excluding hydrogens is 142 g/mol. The van der Waals surface area contributed by atoms with Gasteiger partial charge in [-0.15, -0.1) is 0 Å². The van der Waals surface area contributed by atoms with Crippen molar-refractivity contribution in [1.29, 1.82) is 5.41 Å². The molecule has 0 saturated heterocycles. The zero-order chi connectivity index (χ0) is 8.69. The third-order valence-electron chi connectivity index (χ3n) is 1.18. The normalized spacial score (nSPS) is 9.27. The zero-order valence-electron chi connectivity index (χ0n) is 7.14. The lowest BCUT2D eigenvalue weighted by Gasteiger charge is -2.03. The highest BCUT2D eigenvalue weighted by Gasteiger charge is 2.00. The molecular formula is C8H15NO2. The standard InChI is InChI=1S/C8H15NO2/c1-3-4-5-11-8(9)6-7(2)10/h9H,3-6H2,1-2H3. The lowest BCUT2D eigenvalue weighted by atomic mass is 10.3. The van der Waals surface area contributed by atoms with Crippen molar-refractivity contribution in [3.05, 3.63) is 0 Å². The number of Topliss-reactive ketones (excluding diaryl/α,β-unsaturated/α-hetero) is 1. The topological polar surface area (TPSA) is 50.1 Å². The van der Waals surface area contributed by atoms with E-state index in [-0.39, 0.29) is 18.1 Å². The van der Waals surface area contributed by atoms with Gasteiger partial charge in [0.25, 0.3) is 0 Å². The molecule has 0 unspecified atom stereocenters. The Bertz CT molecular complexity index is 143. The van der Waals surface area contributed by atoms with Crippen LogP contribution in [-0.4, -0.2) is 18.3 Å². The van der Waals surface area contributed by atoms with Gasteiger partial charge in [0.05, 0.1) is 13.0 Å². The van der Waals surface area contributed by atoms with Crippen LogP contribution in [0.4, 0.5) is 0 Å². The van der Waals surface area contributed by atoms with E-state index in [0.29, 0.717) is 6.61 Å². The maximum absolute atomic E-state index is 10.5. The van der Waals surface area contributed by atoms with Crippen LogP contribution in [0.3, 0.4) is 0 Å². The average Bonchev–Trinajstić information content (AvgIpc) is 1.86. The van der Waals surface area contributed by atoms with Gasteiger partial charge in [-0.3, -0.25) is 10.2 Å². The summed E-state index contributed by atoms with van der Waals surface area (Å²) in [5.74, 6) is 0.0671. The number of hydrogen-bond donors (Lipinski definition) is 1. The number of carbonyl (C=O) groups is 1. The summed E-state index contributed by atoms with van der Waals surface area (Å²) in [6, 6.07) is 0. The van der Waals surface area contributed by atoms with E-state index in [1.807, 2.05) is 0 Å². The number of ketones is 1. The van der Waals surface area contributed by atoms with Crippen LogP contribution in [-0.2, 0) is 9.53 Å². The summed E-state index contributed by atoms with van der Waals surface area (Å²) in [5.41, 5.74) is 0. The summed E-state index contributed by atoms with van der Waals surface area (Å²) in [7, 11) is 0. The summed E-state index contributed by atoms with van der Waals surface area (Å²) in [5, 5.41) is 7.15. The van der Waals surface area contributed by atoms with Crippen molar-refractivity contribution in [2.45, 2.75) is 33.1 Å². The lowest BCUT2D eigenvalue weighted by molar-refractivity contribution is -0.116. The van der Waals surface area contributed by atoms with Gasteiger partial charge in [-0.1, -0.05) is 13.3 Å². The number of rotatable bonds is 5. The maximum atomic E-state index is 10.5. The summed E-state index contributed by atoms with van der Waals surface area (Å²) in [4.78, 5) is 10.5. The van der Waals surface area contributed by atoms with E-state index in [1.54, 1.807) is 0 Å². The van der Waals surface area contributed by atoms with Gasteiger partial charge in [0, 0.05) is 0 Å². The molecule has 0 spiro atoms. The molecule has 0 heterocycles. The molecule has 0 aromatic heterocycles. The summed E-state index contributed by atoms with van der Waals surface area (Å²) >= 11 is 0. The SMILES string of the molecule is CCCCOC(=N)CC(C)=O. The van der Waals surface area contributed by atoms with E-state index in [2.05, 4.69) is 6.92 Å². The Morgan fingerprint density at radius 2 is 2.18 bits per heavy atom. The van der Waals surface area contributed by atoms with Gasteiger partial charge < -0.3 is 4.74 Å². The second kappa shape index (κ2) is 5.89. The van der Waals surface area contributed by atoms with Gasteiger partial charge in [0.15, 0.2) is 5.90 Å². The van der Waals surface area contributed by atoms with Crippen LogP contribution in [0.5, 0.6) is 0 Å². The van der Waals surface area contributed by atoms with E-state index in [1.165, 1.54) is 6.92 Å². The minimum Gasteiger partial charge on any atom is -0.481 e. The third kappa shape index (κ3) is 7.03. The van der Waals surface area contributed by atoms with E-state index in [4.69, 9.17) is 10.1 Å². The molecule has 0 atom stereocenters. The second-order valence-corrected chi connectivity index (χ2v) is 2.50. The average molecular weight is 157 g/mol. The number of nitrogens with one attached hydrogen (secondary N) is 1. The number of unbranched alkanes of at least 4 members (excludes halogenated alkanes) is 1. The summed E-state index contributed by atoms with van der Waals surface area (Å²) < 4.78 is 4.96. The Kier molecular flexibility index (Phi) is 5.43. The highest BCUT2D eigenvalue weighted by molar-refractivity contribution is 5.95. The Hall–Kier alpha value is -0.860. The van der Waals surface area contributed by atoms with Gasteiger partial charge >= 0.3 is 0 Å². The Balaban J connectivity index is 3.30. The highest BCUT2D eigenvalue weighted by Crippen LogP contribution is 1.92. The van der Waals surface area contributed by atoms with E-state index < -0.39 is 0 Å². The summed E-state index contributed by atoms with van der Waals surface area (Å²) in [6.45, 7) is 4.07. The molecule has 64 valence electrons. The Morgan fingerprint density at radius 3 is 2.64 bits per heavy atom. The molecule has 0 aromatic rings. The number of hydrogen-bond acceptors (Lipinski definition) is 3. The van der Waals surface area contributed by atoms with E-state index in [9.17, 15) is 4.79 Å². The minimum absolute atomic E-state index is 0.0218. The van der Waals surface area contributed by atoms with Crippen molar-refractivity contribution in [2.24, 2.45) is 0 Å². The first-order valence-electron chi connectivity index (χ1n) is 3.86. The largest absolute Gasteiger partial charge is 0.481 e. The van der Waals surface area contributed by atoms with Gasteiger partial charge in [-0.05, 0) is 13.3 Å². The lowest BCUT2D eigenvalue weighted by Crippen LogP contribution is -2.08. The molecule has 0 fully saturated rings. The fourth-order valence-electron chi connectivity index (χ4n) is 0.617. The van der Waals surface area contributed by atoms with Crippen molar-refractivity contribution in [1.82, 2.24) is 0 Å². The predicted molar refractivity (Wildman–Crippen MR) is 43.9 cm³/mol. The number of ether oxygens (including phenoxy) is 1. The monoisotopic (exact) mass is 157 g/mol. The van der Waals surface area contributed by atoms with Crippen LogP contribution in [0.15, 0.2) is 0 Å². The fraction of sp³-hybridized carbons (Fsp3) is 0.750. The van der Waals surface area contributed by atoms with E-state index in [0.717, 1.165) is 12.8 Å². The molecule has 0 aliphatic rings. The van der Waals surface area contributed by atoms with Gasteiger partial charge in [0.1, 0.15) is 5.78 Å². The molecule has 0 amide bonds. The molecule has 11 heavy (non-hydrogen) atoms. The van der Waals surface area contributed by atoms with Crippen molar-refractivity contribution in [3.63, 3.8) is 0 Å². The Morgan fingerprint density at radius 1 is 1.55 bits per heavy atom. The van der Waals surface area contributed by atoms with Gasteiger partial charge in [-0.25, -0.2) is 0 Å². The summed E-state index contributed by atoms with van der Waals surface area (Å²) in [6.07, 6.45) is 2.12. The molecule has 0 bridgehead atoms. The zero-order valence-corrected chi connectivity index (χ0v) is 7.14. The molecule has 3 nitrogen and oxygen atoms in total. The van der Waals surface area contributed by atoms with Crippen LogP contribution in [0.2, 0.25) is 0 Å². The van der Waals surface area contributed by atoms with Gasteiger partial charge in [-0.2, -0.15) is 0 Å². The van der Waals surface area contributed by atoms with Crippen LogP contribution in [0.25, 0.3) is 0 Å². The smallest absolute Gasteiger partial charge is 0.187 e. The molecule has 0 radical (unpaired) electrons. The third-order valence-corrected chi connectivity index (χ3v) is 1.18. The predicted octanol–water partition coefficient (Wildman–Crippen LogP) is 1.76. The van der Waals surface area contributed by atoms with Crippen molar-refractivity contribution in [2.75, 3.05) is 6.61 Å². The van der Waals surface area contributed by atoms with E-state index >= 15 is 0 Å². The molecule has 0 aliphatic carbocycles.